The minimum Gasteiger partial charge on any atom is -0.467 e. The number of nitriles is 1. The molecule has 33 heavy (non-hydrogen) atoms. The number of amides is 2. The molecule has 1 saturated heterocycles. The molecule has 2 amide bonds. The molecular weight excluding hydrogens is 441 g/mol. The van der Waals surface area contributed by atoms with Gasteiger partial charge in [0.2, 0.25) is 5.91 Å². The van der Waals surface area contributed by atoms with Crippen molar-refractivity contribution in [1.29, 1.82) is 5.26 Å². The van der Waals surface area contributed by atoms with Crippen LogP contribution >= 0.6 is 11.8 Å². The van der Waals surface area contributed by atoms with Crippen molar-refractivity contribution in [2.75, 3.05) is 4.90 Å². The number of benzene rings is 2. The van der Waals surface area contributed by atoms with Gasteiger partial charge in [0, 0.05) is 5.69 Å². The highest BCUT2D eigenvalue weighted by Gasteiger charge is 2.40. The van der Waals surface area contributed by atoms with E-state index in [0.29, 0.717) is 17.9 Å². The summed E-state index contributed by atoms with van der Waals surface area (Å²) < 4.78 is 18.7. The molecule has 1 aliphatic rings. The third kappa shape index (κ3) is 4.99. The van der Waals surface area contributed by atoms with Crippen LogP contribution in [-0.2, 0) is 22.6 Å². The molecule has 0 aliphatic carbocycles. The van der Waals surface area contributed by atoms with Crippen LogP contribution in [0.2, 0.25) is 0 Å². The monoisotopic (exact) mass is 461 g/mol. The molecule has 0 spiro atoms. The Morgan fingerprint density at radius 2 is 2.00 bits per heavy atom. The Morgan fingerprint density at radius 3 is 2.67 bits per heavy atom. The number of nitrogens with one attached hydrogen (secondary N) is 1. The number of anilines is 1. The summed E-state index contributed by atoms with van der Waals surface area (Å²) in [5.41, 5.74) is 2.25. The summed E-state index contributed by atoms with van der Waals surface area (Å²) in [6.07, 6.45) is 1.92. The summed E-state index contributed by atoms with van der Waals surface area (Å²) in [5, 5.41) is 12.2. The molecule has 2 aromatic carbocycles. The van der Waals surface area contributed by atoms with Gasteiger partial charge in [0.1, 0.15) is 28.2 Å². The van der Waals surface area contributed by atoms with Crippen molar-refractivity contribution in [2.24, 2.45) is 0 Å². The van der Waals surface area contributed by atoms with Gasteiger partial charge < -0.3 is 9.73 Å². The number of nitrogens with zero attached hydrogens (tertiary/aromatic N) is 2. The van der Waals surface area contributed by atoms with E-state index < -0.39 is 17.0 Å². The second-order valence-corrected chi connectivity index (χ2v) is 8.70. The Hall–Kier alpha value is -3.83. The van der Waals surface area contributed by atoms with Crippen LogP contribution in [0.1, 0.15) is 16.9 Å². The topological polar surface area (TPSA) is 86.3 Å². The number of hydrogen-bond donors (Lipinski definition) is 1. The average Bonchev–Trinajstić information content (AvgIpc) is 3.42. The SMILES string of the molecule is Cc1cccc(C[C@@H]2S/C(=C(/C#N)C(=O)NCc3ccco3)N(c3ccc(F)cc3)C2=O)c1. The number of halogens is 1. The number of rotatable bonds is 6. The second kappa shape index (κ2) is 9.76. The number of carbonyl (C=O) groups is 2. The molecule has 0 radical (unpaired) electrons. The smallest absolute Gasteiger partial charge is 0.265 e. The molecule has 3 aromatic rings. The third-order valence-corrected chi connectivity index (χ3v) is 6.36. The molecule has 1 N–H and O–H groups in total. The minimum atomic E-state index is -0.618. The molecule has 166 valence electrons. The lowest BCUT2D eigenvalue weighted by Crippen LogP contribution is -2.32. The molecule has 0 bridgehead atoms. The van der Waals surface area contributed by atoms with Crippen molar-refractivity contribution in [3.05, 3.63) is 100 Å². The van der Waals surface area contributed by atoms with Crippen LogP contribution in [0.25, 0.3) is 0 Å². The first-order valence-electron chi connectivity index (χ1n) is 10.2. The number of thioether (sulfide) groups is 1. The van der Waals surface area contributed by atoms with Crippen LogP contribution in [0.15, 0.2) is 81.9 Å². The lowest BCUT2D eigenvalue weighted by atomic mass is 10.1. The molecule has 1 atom stereocenters. The fourth-order valence-electron chi connectivity index (χ4n) is 3.53. The molecule has 8 heteroatoms. The summed E-state index contributed by atoms with van der Waals surface area (Å²) >= 11 is 1.17. The first kappa shape index (κ1) is 22.4. The standard InChI is InChI=1S/C25H20FN3O3S/c1-16-4-2-5-17(12-16)13-22-24(31)29(19-9-7-18(26)8-10-19)25(33-22)21(14-27)23(30)28-15-20-6-3-11-32-20/h2-12,22H,13,15H2,1H3,(H,28,30)/b25-21-/t22-/m0/s1. The molecule has 6 nitrogen and oxygen atoms in total. The summed E-state index contributed by atoms with van der Waals surface area (Å²) in [4.78, 5) is 27.6. The highest BCUT2D eigenvalue weighted by molar-refractivity contribution is 8.05. The van der Waals surface area contributed by atoms with Crippen molar-refractivity contribution in [2.45, 2.75) is 25.1 Å². The number of hydrogen-bond acceptors (Lipinski definition) is 5. The van der Waals surface area contributed by atoms with Crippen molar-refractivity contribution < 1.29 is 18.4 Å². The zero-order valence-corrected chi connectivity index (χ0v) is 18.6. The fraction of sp³-hybridized carbons (Fsp3) is 0.160. The zero-order valence-electron chi connectivity index (χ0n) is 17.7. The van der Waals surface area contributed by atoms with Crippen LogP contribution in [0.5, 0.6) is 0 Å². The van der Waals surface area contributed by atoms with E-state index in [4.69, 9.17) is 4.42 Å². The highest BCUT2D eigenvalue weighted by atomic mass is 32.2. The maximum Gasteiger partial charge on any atom is 0.265 e. The predicted molar refractivity (Wildman–Crippen MR) is 123 cm³/mol. The van der Waals surface area contributed by atoms with Crippen LogP contribution in [0.4, 0.5) is 10.1 Å². The number of carbonyl (C=O) groups excluding carboxylic acids is 2. The van der Waals surface area contributed by atoms with Gasteiger partial charge in [-0.2, -0.15) is 5.26 Å². The Morgan fingerprint density at radius 1 is 1.21 bits per heavy atom. The van der Waals surface area contributed by atoms with E-state index in [1.165, 1.54) is 47.2 Å². The summed E-state index contributed by atoms with van der Waals surface area (Å²) in [7, 11) is 0. The number of furan rings is 1. The molecule has 0 unspecified atom stereocenters. The maximum absolute atomic E-state index is 13.5. The van der Waals surface area contributed by atoms with Crippen LogP contribution < -0.4 is 10.2 Å². The summed E-state index contributed by atoms with van der Waals surface area (Å²) in [5.74, 6) is -0.799. The van der Waals surface area contributed by atoms with Gasteiger partial charge in [-0.25, -0.2) is 4.39 Å². The molecular formula is C25H20FN3O3S. The molecule has 1 fully saturated rings. The summed E-state index contributed by atoms with van der Waals surface area (Å²) in [6, 6.07) is 18.6. The van der Waals surface area contributed by atoms with E-state index in [0.717, 1.165) is 11.1 Å². The van der Waals surface area contributed by atoms with E-state index in [1.54, 1.807) is 12.1 Å². The van der Waals surface area contributed by atoms with E-state index in [2.05, 4.69) is 5.32 Å². The van der Waals surface area contributed by atoms with Crippen LogP contribution in [0, 0.1) is 24.1 Å². The lowest BCUT2D eigenvalue weighted by Gasteiger charge is -2.18. The Labute approximate surface area is 194 Å². The van der Waals surface area contributed by atoms with Gasteiger partial charge >= 0.3 is 0 Å². The zero-order chi connectivity index (χ0) is 23.4. The van der Waals surface area contributed by atoms with Crippen molar-refractivity contribution >= 4 is 29.3 Å². The van der Waals surface area contributed by atoms with E-state index in [9.17, 15) is 19.2 Å². The molecule has 1 aliphatic heterocycles. The highest BCUT2D eigenvalue weighted by Crippen LogP contribution is 2.42. The van der Waals surface area contributed by atoms with Gasteiger partial charge in [0.25, 0.3) is 5.91 Å². The van der Waals surface area contributed by atoms with E-state index in [-0.39, 0.29) is 23.1 Å². The van der Waals surface area contributed by atoms with Gasteiger partial charge in [0.15, 0.2) is 0 Å². The van der Waals surface area contributed by atoms with E-state index in [1.807, 2.05) is 37.3 Å². The average molecular weight is 462 g/mol. The molecule has 1 aromatic heterocycles. The summed E-state index contributed by atoms with van der Waals surface area (Å²) in [6.45, 7) is 2.08. The number of aryl methyl sites for hydroxylation is 1. The van der Waals surface area contributed by atoms with Gasteiger partial charge in [-0.15, -0.1) is 0 Å². The van der Waals surface area contributed by atoms with Gasteiger partial charge in [-0.05, 0) is 55.3 Å². The molecule has 0 saturated carbocycles. The minimum absolute atomic E-state index is 0.103. The predicted octanol–water partition coefficient (Wildman–Crippen LogP) is 4.47. The van der Waals surface area contributed by atoms with Crippen molar-refractivity contribution in [1.82, 2.24) is 5.32 Å². The largest absolute Gasteiger partial charge is 0.467 e. The van der Waals surface area contributed by atoms with Gasteiger partial charge in [-0.3, -0.25) is 14.5 Å². The lowest BCUT2D eigenvalue weighted by molar-refractivity contribution is -0.117. The Bertz CT molecular complexity index is 1250. The fourth-order valence-corrected chi connectivity index (χ4v) is 4.84. The maximum atomic E-state index is 13.5. The normalized spacial score (nSPS) is 17.1. The Balaban J connectivity index is 1.68. The van der Waals surface area contributed by atoms with Crippen molar-refractivity contribution in [3.63, 3.8) is 0 Å². The quantitative estimate of drug-likeness (QED) is 0.432. The van der Waals surface area contributed by atoms with E-state index >= 15 is 0 Å². The molecule has 2 heterocycles. The van der Waals surface area contributed by atoms with Crippen molar-refractivity contribution in [3.8, 4) is 6.07 Å². The molecule has 4 rings (SSSR count). The second-order valence-electron chi connectivity index (χ2n) is 7.50. The third-order valence-electron chi connectivity index (χ3n) is 5.10. The Kier molecular flexibility index (Phi) is 6.61. The first-order chi connectivity index (χ1) is 16.0. The van der Waals surface area contributed by atoms with Crippen LogP contribution in [-0.4, -0.2) is 17.1 Å². The van der Waals surface area contributed by atoms with Gasteiger partial charge in [0.05, 0.1) is 18.1 Å². The first-order valence-corrected chi connectivity index (χ1v) is 11.1. The van der Waals surface area contributed by atoms with Crippen LogP contribution in [0.3, 0.4) is 0 Å². The van der Waals surface area contributed by atoms with Gasteiger partial charge in [-0.1, -0.05) is 41.6 Å².